The van der Waals surface area contributed by atoms with Gasteiger partial charge in [-0.05, 0) is 100 Å². The molecule has 6 heteroatoms. The van der Waals surface area contributed by atoms with Crippen molar-refractivity contribution in [3.8, 4) is 0 Å². The van der Waals surface area contributed by atoms with Crippen LogP contribution in [0.5, 0.6) is 0 Å². The molecule has 1 unspecified atom stereocenters. The minimum atomic E-state index is -0.311. The summed E-state index contributed by atoms with van der Waals surface area (Å²) in [6, 6.07) is 17.6. The molecule has 5 saturated heterocycles. The number of rotatable bonds is 1. The van der Waals surface area contributed by atoms with Gasteiger partial charge in [-0.15, -0.1) is 0 Å². The van der Waals surface area contributed by atoms with E-state index in [1.807, 2.05) is 0 Å². The first-order valence-electron chi connectivity index (χ1n) is 18.5. The number of esters is 1. The van der Waals surface area contributed by atoms with Gasteiger partial charge in [0.05, 0.1) is 18.2 Å². The van der Waals surface area contributed by atoms with E-state index in [1.165, 1.54) is 67.6 Å². The molecule has 0 radical (unpaired) electrons. The van der Waals surface area contributed by atoms with Crippen molar-refractivity contribution in [3.63, 3.8) is 0 Å². The van der Waals surface area contributed by atoms with Crippen molar-refractivity contribution in [2.75, 3.05) is 49.6 Å². The number of allylic oxidation sites excluding steroid dienone is 1. The molecule has 8 heterocycles. The van der Waals surface area contributed by atoms with Crippen LogP contribution in [0.1, 0.15) is 75.5 Å². The Labute approximate surface area is 272 Å². The molecule has 7 fully saturated rings. The molecule has 10 atom stereocenters. The van der Waals surface area contributed by atoms with Gasteiger partial charge in [0.1, 0.15) is 6.04 Å². The number of hydrogen-bond donors (Lipinski definition) is 0. The third-order valence-electron chi connectivity index (χ3n) is 17.0. The van der Waals surface area contributed by atoms with E-state index in [0.29, 0.717) is 23.4 Å². The highest BCUT2D eigenvalue weighted by Crippen LogP contribution is 2.83. The summed E-state index contributed by atoms with van der Waals surface area (Å²) in [5.74, 6) is 0.810. The van der Waals surface area contributed by atoms with Crippen molar-refractivity contribution in [1.29, 1.82) is 0 Å². The monoisotopic (exact) mass is 614 g/mol. The maximum atomic E-state index is 14.3. The molecule has 8 aliphatic heterocycles. The molecule has 6 nitrogen and oxygen atoms in total. The molecule has 2 saturated carbocycles. The number of para-hydroxylation sites is 2. The third-order valence-corrected chi connectivity index (χ3v) is 17.0. The Morgan fingerprint density at radius 3 is 2.63 bits per heavy atom. The first-order chi connectivity index (χ1) is 22.5. The zero-order valence-corrected chi connectivity index (χ0v) is 27.6. The Kier molecular flexibility index (Phi) is 4.40. The van der Waals surface area contributed by atoms with Crippen LogP contribution >= 0.6 is 0 Å². The Bertz CT molecular complexity index is 1820. The third kappa shape index (κ3) is 2.17. The first-order valence-corrected chi connectivity index (χ1v) is 18.5. The molecule has 2 aliphatic carbocycles. The Hall–Kier alpha value is -2.83. The minimum Gasteiger partial charge on any atom is -0.467 e. The molecule has 0 aromatic heterocycles. The van der Waals surface area contributed by atoms with E-state index in [0.717, 1.165) is 32.5 Å². The molecule has 2 aromatic rings. The number of nitrogens with zero attached hydrogens (tertiary/aromatic N) is 4. The van der Waals surface area contributed by atoms with E-state index >= 15 is 0 Å². The topological polar surface area (TPSA) is 39.3 Å². The lowest BCUT2D eigenvalue weighted by Crippen LogP contribution is -2.81. The van der Waals surface area contributed by atoms with Gasteiger partial charge in [-0.1, -0.05) is 55.0 Å². The van der Waals surface area contributed by atoms with Gasteiger partial charge in [0.15, 0.2) is 0 Å². The van der Waals surface area contributed by atoms with Gasteiger partial charge in [-0.3, -0.25) is 9.80 Å². The summed E-state index contributed by atoms with van der Waals surface area (Å²) in [5, 5.41) is 0. The minimum absolute atomic E-state index is 0.0614. The first kappa shape index (κ1) is 26.2. The number of fused-ring (bicyclic) bond motifs is 3. The van der Waals surface area contributed by atoms with Crippen LogP contribution in [0.15, 0.2) is 54.1 Å². The lowest BCUT2D eigenvalue weighted by Gasteiger charge is -2.71. The Morgan fingerprint density at radius 1 is 0.935 bits per heavy atom. The average molecular weight is 615 g/mol. The predicted octanol–water partition coefficient (Wildman–Crippen LogP) is 5.34. The van der Waals surface area contributed by atoms with Crippen LogP contribution in [0.4, 0.5) is 11.4 Å². The number of benzene rings is 2. The summed E-state index contributed by atoms with van der Waals surface area (Å²) in [6.07, 6.45) is 11.3. The Morgan fingerprint density at radius 2 is 1.76 bits per heavy atom. The molecular formula is C40H46N4O2. The summed E-state index contributed by atoms with van der Waals surface area (Å²) in [6.45, 7) is 10.6. The van der Waals surface area contributed by atoms with Crippen LogP contribution in [-0.4, -0.2) is 79.3 Å². The maximum Gasteiger partial charge on any atom is 0.329 e. The molecule has 0 amide bonds. The summed E-state index contributed by atoms with van der Waals surface area (Å²) in [4.78, 5) is 25.9. The fraction of sp³-hybridized carbons (Fsp3) is 0.625. The summed E-state index contributed by atoms with van der Waals surface area (Å²) < 4.78 is 5.77. The number of carbonyl (C=O) groups is 1. The number of piperidine rings is 4. The smallest absolute Gasteiger partial charge is 0.329 e. The normalized spacial score (nSPS) is 48.7. The molecule has 2 aromatic carbocycles. The summed E-state index contributed by atoms with van der Waals surface area (Å²) in [7, 11) is 1.61. The fourth-order valence-corrected chi connectivity index (χ4v) is 16.1. The molecule has 0 N–H and O–H groups in total. The predicted molar refractivity (Wildman–Crippen MR) is 178 cm³/mol. The number of ether oxygens (including phenoxy) is 1. The zero-order valence-electron chi connectivity index (χ0n) is 27.6. The van der Waals surface area contributed by atoms with Gasteiger partial charge < -0.3 is 14.5 Å². The van der Waals surface area contributed by atoms with Gasteiger partial charge >= 0.3 is 5.97 Å². The standard InChI is InChI=1S/C40H46N4O2/c1-4-25-22-42-19-16-37-23-43-33-28(38-17-20-41-18-8-13-36(35(38)41)14-15-39(38,43)24(36)2)10-7-11-29(33)40(37)31(42)21-26(25)32(34(45)46-3)44(40)30-12-6-5-9-27(30)37/h4-7,9-12,24,26,31-32,35H,8,13-23H2,1-3H3/b25-4-/t24-,26?,31-,32-,35-,36-,37-,38+,39-,40+/m0/s1. The summed E-state index contributed by atoms with van der Waals surface area (Å²) >= 11 is 0. The molecule has 238 valence electrons. The SMILES string of the molecule is C/C=C1/CN2CC[C@@]34CN5c6c(cccc6[C@@]67CCN8CCC[C@@]9(CC[C@@]56[C@H]9C)[C@H]87)[C@@]35[C@@H]2CC1[C@@H](C(=O)OC)N5c1ccccc14. The highest BCUT2D eigenvalue weighted by molar-refractivity contribution is 5.90. The van der Waals surface area contributed by atoms with Crippen LogP contribution in [0, 0.1) is 17.3 Å². The van der Waals surface area contributed by atoms with E-state index < -0.39 is 0 Å². The van der Waals surface area contributed by atoms with E-state index in [4.69, 9.17) is 4.74 Å². The Balaban J connectivity index is 1.20. The molecule has 46 heavy (non-hydrogen) atoms. The average Bonchev–Trinajstić information content (AvgIpc) is 3.82. The van der Waals surface area contributed by atoms with Crippen molar-refractivity contribution < 1.29 is 9.53 Å². The van der Waals surface area contributed by atoms with Crippen molar-refractivity contribution >= 4 is 17.3 Å². The quantitative estimate of drug-likeness (QED) is 0.319. The lowest BCUT2D eigenvalue weighted by atomic mass is 9.50. The van der Waals surface area contributed by atoms with Crippen LogP contribution in [-0.2, 0) is 25.9 Å². The van der Waals surface area contributed by atoms with Crippen molar-refractivity contribution in [2.24, 2.45) is 17.3 Å². The van der Waals surface area contributed by atoms with Crippen LogP contribution in [0.25, 0.3) is 0 Å². The van der Waals surface area contributed by atoms with Crippen LogP contribution < -0.4 is 9.80 Å². The maximum absolute atomic E-state index is 14.3. The van der Waals surface area contributed by atoms with E-state index in [1.54, 1.807) is 18.4 Å². The molecule has 10 aliphatic rings. The van der Waals surface area contributed by atoms with E-state index in [2.05, 4.69) is 82.0 Å². The van der Waals surface area contributed by atoms with Gasteiger partial charge in [-0.2, -0.15) is 0 Å². The zero-order chi connectivity index (χ0) is 30.6. The second-order valence-electron chi connectivity index (χ2n) is 17.1. The fourth-order valence-electron chi connectivity index (χ4n) is 16.1. The van der Waals surface area contributed by atoms with Gasteiger partial charge in [0, 0.05) is 58.9 Å². The molecule has 4 spiro atoms. The van der Waals surface area contributed by atoms with Crippen molar-refractivity contribution in [3.05, 3.63) is 70.8 Å². The second-order valence-corrected chi connectivity index (χ2v) is 17.1. The van der Waals surface area contributed by atoms with Gasteiger partial charge in [0.25, 0.3) is 0 Å². The van der Waals surface area contributed by atoms with Gasteiger partial charge in [-0.25, -0.2) is 4.79 Å². The summed E-state index contributed by atoms with van der Waals surface area (Å²) in [5.41, 5.74) is 9.51. The van der Waals surface area contributed by atoms with E-state index in [9.17, 15) is 4.79 Å². The molecule has 12 rings (SSSR count). The largest absolute Gasteiger partial charge is 0.467 e. The molecule has 4 bridgehead atoms. The second kappa shape index (κ2) is 7.73. The molecular weight excluding hydrogens is 568 g/mol. The van der Waals surface area contributed by atoms with Crippen LogP contribution in [0.3, 0.4) is 0 Å². The van der Waals surface area contributed by atoms with Crippen LogP contribution in [0.2, 0.25) is 0 Å². The van der Waals surface area contributed by atoms with Crippen molar-refractivity contribution in [1.82, 2.24) is 9.80 Å². The van der Waals surface area contributed by atoms with Crippen molar-refractivity contribution in [2.45, 2.75) is 98.8 Å². The van der Waals surface area contributed by atoms with E-state index in [-0.39, 0.29) is 39.8 Å². The lowest BCUT2D eigenvalue weighted by molar-refractivity contribution is -0.148. The number of hydrogen-bond acceptors (Lipinski definition) is 6. The number of anilines is 2. The highest BCUT2D eigenvalue weighted by atomic mass is 16.5. The highest BCUT2D eigenvalue weighted by Gasteiger charge is 2.87. The number of methoxy groups -OCH3 is 1. The number of carbonyl (C=O) groups excluding carboxylic acids is 1. The van der Waals surface area contributed by atoms with Gasteiger partial charge in [0.2, 0.25) is 0 Å².